The molecule has 0 N–H and O–H groups in total. The molecule has 0 saturated carbocycles. The van der Waals surface area contributed by atoms with Crippen molar-refractivity contribution in [2.24, 2.45) is 4.99 Å². The van der Waals surface area contributed by atoms with Gasteiger partial charge in [-0.25, -0.2) is 0 Å². The average molecular weight is 211 g/mol. The third kappa shape index (κ3) is 1.21. The Morgan fingerprint density at radius 2 is 2.12 bits per heavy atom. The van der Waals surface area contributed by atoms with Crippen LogP contribution in [0.5, 0.6) is 0 Å². The predicted molar refractivity (Wildman–Crippen MR) is 68.2 cm³/mol. The Balaban J connectivity index is 2.23. The van der Waals surface area contributed by atoms with E-state index in [9.17, 15) is 0 Å². The Hall–Kier alpha value is -1.37. The highest BCUT2D eigenvalue weighted by molar-refractivity contribution is 5.99. The first-order valence-corrected chi connectivity index (χ1v) is 6.17. The topological polar surface area (TPSA) is 12.4 Å². The molecule has 0 amide bonds. The summed E-state index contributed by atoms with van der Waals surface area (Å²) in [5.41, 5.74) is 4.51. The van der Waals surface area contributed by atoms with Crippen molar-refractivity contribution < 1.29 is 0 Å². The molecule has 1 aromatic rings. The van der Waals surface area contributed by atoms with Crippen LogP contribution in [0.15, 0.2) is 41.4 Å². The summed E-state index contributed by atoms with van der Waals surface area (Å²) in [5.74, 6) is 0. The van der Waals surface area contributed by atoms with Gasteiger partial charge in [-0.1, -0.05) is 43.3 Å². The Morgan fingerprint density at radius 3 is 3.00 bits per heavy atom. The van der Waals surface area contributed by atoms with Gasteiger partial charge in [0, 0.05) is 5.71 Å². The third-order valence-electron chi connectivity index (χ3n) is 3.99. The molecule has 0 fully saturated rings. The maximum atomic E-state index is 4.72. The number of fused-ring (bicyclic) bond motifs is 3. The quantitative estimate of drug-likeness (QED) is 0.632. The Labute approximate surface area is 96.9 Å². The Kier molecular flexibility index (Phi) is 2.20. The van der Waals surface area contributed by atoms with Crippen LogP contribution in [0.25, 0.3) is 0 Å². The molecule has 0 aromatic heterocycles. The lowest BCUT2D eigenvalue weighted by atomic mass is 9.66. The number of aryl methyl sites for hydroxylation is 1. The summed E-state index contributed by atoms with van der Waals surface area (Å²) in [4.78, 5) is 4.72. The average Bonchev–Trinajstić information content (AvgIpc) is 2.38. The lowest BCUT2D eigenvalue weighted by Crippen LogP contribution is -2.39. The number of rotatable bonds is 1. The molecule has 1 aliphatic carbocycles. The summed E-state index contributed by atoms with van der Waals surface area (Å²) in [6, 6.07) is 8.85. The maximum Gasteiger partial charge on any atom is 0.0570 e. The van der Waals surface area contributed by atoms with Crippen molar-refractivity contribution in [2.75, 3.05) is 6.54 Å². The first-order chi connectivity index (χ1) is 7.87. The second kappa shape index (κ2) is 3.58. The van der Waals surface area contributed by atoms with Crippen molar-refractivity contribution >= 4 is 5.71 Å². The number of nitrogens with zero attached hydrogens (tertiary/aromatic N) is 1. The van der Waals surface area contributed by atoms with Crippen LogP contribution in [0, 0.1) is 0 Å². The zero-order chi connectivity index (χ0) is 11.0. The van der Waals surface area contributed by atoms with Crippen LogP contribution in [0.2, 0.25) is 0 Å². The first-order valence-electron chi connectivity index (χ1n) is 6.17. The summed E-state index contributed by atoms with van der Waals surface area (Å²) in [6.45, 7) is 3.15. The highest BCUT2D eigenvalue weighted by atomic mass is 14.8. The van der Waals surface area contributed by atoms with Crippen LogP contribution in [0.3, 0.4) is 0 Å². The molecule has 1 unspecified atom stereocenters. The molecule has 2 aliphatic rings. The Bertz CT molecular complexity index is 470. The number of hydrogen-bond donors (Lipinski definition) is 0. The number of aliphatic imine (C=N–C) groups is 1. The van der Waals surface area contributed by atoms with Gasteiger partial charge in [0.15, 0.2) is 0 Å². The van der Waals surface area contributed by atoms with Gasteiger partial charge in [0.2, 0.25) is 0 Å². The number of benzene rings is 1. The number of dihydropyridines is 1. The summed E-state index contributed by atoms with van der Waals surface area (Å²) in [6.07, 6.45) is 8.02. The van der Waals surface area contributed by atoms with Crippen LogP contribution in [-0.4, -0.2) is 12.3 Å². The molecule has 0 spiro atoms. The summed E-state index contributed by atoms with van der Waals surface area (Å²) in [7, 11) is 0. The molecule has 1 heteroatoms. The number of allylic oxidation sites excluding steroid dienone is 1. The van der Waals surface area contributed by atoms with Gasteiger partial charge in [0.25, 0.3) is 0 Å². The molecule has 0 saturated heterocycles. The molecule has 3 rings (SSSR count). The van der Waals surface area contributed by atoms with Crippen molar-refractivity contribution in [2.45, 2.75) is 31.6 Å². The van der Waals surface area contributed by atoms with E-state index in [-0.39, 0.29) is 5.41 Å². The van der Waals surface area contributed by atoms with Gasteiger partial charge >= 0.3 is 0 Å². The first kappa shape index (κ1) is 9.83. The Morgan fingerprint density at radius 1 is 1.25 bits per heavy atom. The predicted octanol–water partition coefficient (Wildman–Crippen LogP) is 3.29. The van der Waals surface area contributed by atoms with E-state index >= 15 is 0 Å². The minimum Gasteiger partial charge on any atom is -0.289 e. The molecule has 1 aliphatic heterocycles. The molecule has 82 valence electrons. The fraction of sp³-hybridized carbons (Fsp3) is 0.400. The second-order valence-corrected chi connectivity index (χ2v) is 4.67. The molecule has 0 bridgehead atoms. The summed E-state index contributed by atoms with van der Waals surface area (Å²) >= 11 is 0. The van der Waals surface area contributed by atoms with Crippen LogP contribution in [-0.2, 0) is 11.8 Å². The molecule has 1 heterocycles. The van der Waals surface area contributed by atoms with Gasteiger partial charge in [0.1, 0.15) is 0 Å². The van der Waals surface area contributed by atoms with Crippen molar-refractivity contribution in [3.05, 3.63) is 47.5 Å². The van der Waals surface area contributed by atoms with Gasteiger partial charge in [-0.15, -0.1) is 0 Å². The van der Waals surface area contributed by atoms with E-state index in [1.165, 1.54) is 16.8 Å². The lowest BCUT2D eigenvalue weighted by Gasteiger charge is -2.39. The van der Waals surface area contributed by atoms with Gasteiger partial charge in [-0.2, -0.15) is 0 Å². The minimum absolute atomic E-state index is 0.118. The fourth-order valence-corrected chi connectivity index (χ4v) is 3.14. The van der Waals surface area contributed by atoms with Crippen LogP contribution >= 0.6 is 0 Å². The normalized spacial score (nSPS) is 26.9. The monoisotopic (exact) mass is 211 g/mol. The fourth-order valence-electron chi connectivity index (χ4n) is 3.14. The smallest absolute Gasteiger partial charge is 0.0570 e. The van der Waals surface area contributed by atoms with Crippen LogP contribution in [0.1, 0.15) is 30.9 Å². The molecule has 16 heavy (non-hydrogen) atoms. The SMILES string of the molecule is CCC12C=CCN=C1CCc1ccccc12. The molecular weight excluding hydrogens is 194 g/mol. The largest absolute Gasteiger partial charge is 0.289 e. The zero-order valence-electron chi connectivity index (χ0n) is 9.74. The van der Waals surface area contributed by atoms with Crippen molar-refractivity contribution in [1.82, 2.24) is 0 Å². The van der Waals surface area contributed by atoms with Crippen LogP contribution < -0.4 is 0 Å². The van der Waals surface area contributed by atoms with E-state index in [4.69, 9.17) is 4.99 Å². The maximum absolute atomic E-state index is 4.72. The van der Waals surface area contributed by atoms with Crippen molar-refractivity contribution in [3.63, 3.8) is 0 Å². The summed E-state index contributed by atoms with van der Waals surface area (Å²) in [5, 5.41) is 0. The molecule has 1 atom stereocenters. The van der Waals surface area contributed by atoms with E-state index in [1.807, 2.05) is 0 Å². The molecule has 1 nitrogen and oxygen atoms in total. The molecule has 0 radical (unpaired) electrons. The lowest BCUT2D eigenvalue weighted by molar-refractivity contribution is 0.624. The van der Waals surface area contributed by atoms with E-state index in [1.54, 1.807) is 0 Å². The van der Waals surface area contributed by atoms with Crippen LogP contribution in [0.4, 0.5) is 0 Å². The van der Waals surface area contributed by atoms with Gasteiger partial charge in [0.05, 0.1) is 12.0 Å². The molecule has 1 aromatic carbocycles. The van der Waals surface area contributed by atoms with Gasteiger partial charge < -0.3 is 0 Å². The van der Waals surface area contributed by atoms with Crippen molar-refractivity contribution in [3.8, 4) is 0 Å². The highest BCUT2D eigenvalue weighted by Gasteiger charge is 2.38. The van der Waals surface area contributed by atoms with Gasteiger partial charge in [-0.05, 0) is 30.4 Å². The highest BCUT2D eigenvalue weighted by Crippen LogP contribution is 2.40. The summed E-state index contributed by atoms with van der Waals surface area (Å²) < 4.78 is 0. The standard InChI is InChI=1S/C15H17N/c1-2-15-10-5-11-16-14(15)9-8-12-6-3-4-7-13(12)15/h3-7,10H,2,8-9,11H2,1H3. The second-order valence-electron chi connectivity index (χ2n) is 4.67. The number of hydrogen-bond acceptors (Lipinski definition) is 1. The molecular formula is C15H17N. The van der Waals surface area contributed by atoms with Gasteiger partial charge in [-0.3, -0.25) is 4.99 Å². The van der Waals surface area contributed by atoms with Crippen molar-refractivity contribution in [1.29, 1.82) is 0 Å². The minimum atomic E-state index is 0.118. The van der Waals surface area contributed by atoms with E-state index in [2.05, 4.69) is 43.3 Å². The third-order valence-corrected chi connectivity index (χ3v) is 3.99. The zero-order valence-corrected chi connectivity index (χ0v) is 9.74. The van der Waals surface area contributed by atoms with E-state index < -0.39 is 0 Å². The van der Waals surface area contributed by atoms with E-state index in [0.29, 0.717) is 0 Å². The van der Waals surface area contributed by atoms with E-state index in [0.717, 1.165) is 25.8 Å².